The summed E-state index contributed by atoms with van der Waals surface area (Å²) in [6.45, 7) is 3.22. The molecule has 0 saturated carbocycles. The average Bonchev–Trinajstić information content (AvgIpc) is 3.05. The standard InChI is InChI=1S/C18H25FN2O2.C2HF3O2/c1-20(2)18(22)9-17-15-7-8-21(11-14(15)12-23-17)10-13-5-3-4-6-16(13)19;3-2(4,5)1(6)7/h3-6,14-15,17H,7-12H2,1-2H3;(H,6,7)/t14-,15-,17-;/m1./s1. The lowest BCUT2D eigenvalue weighted by Gasteiger charge is -2.35. The van der Waals surface area contributed by atoms with Crippen molar-refractivity contribution >= 4 is 11.9 Å². The molecule has 6 nitrogen and oxygen atoms in total. The molecular formula is C20H26F4N2O4. The van der Waals surface area contributed by atoms with Crippen LogP contribution in [0.3, 0.4) is 0 Å². The number of carboxylic acids is 1. The smallest absolute Gasteiger partial charge is 0.475 e. The van der Waals surface area contributed by atoms with Gasteiger partial charge in [-0.15, -0.1) is 0 Å². The number of rotatable bonds is 4. The summed E-state index contributed by atoms with van der Waals surface area (Å²) in [5.41, 5.74) is 0.754. The Morgan fingerprint density at radius 2 is 1.90 bits per heavy atom. The van der Waals surface area contributed by atoms with Crippen LogP contribution < -0.4 is 0 Å². The molecule has 0 aliphatic carbocycles. The molecule has 0 bridgehead atoms. The molecule has 1 N–H and O–H groups in total. The van der Waals surface area contributed by atoms with E-state index in [1.165, 1.54) is 6.07 Å². The number of hydrogen-bond donors (Lipinski definition) is 1. The zero-order valence-corrected chi connectivity index (χ0v) is 16.9. The van der Waals surface area contributed by atoms with Crippen LogP contribution in [0.2, 0.25) is 0 Å². The first-order chi connectivity index (χ1) is 14.0. The molecule has 10 heteroatoms. The highest BCUT2D eigenvalue weighted by Gasteiger charge is 2.41. The topological polar surface area (TPSA) is 70.1 Å². The molecule has 30 heavy (non-hydrogen) atoms. The Morgan fingerprint density at radius 1 is 1.27 bits per heavy atom. The fourth-order valence-electron chi connectivity index (χ4n) is 3.74. The summed E-state index contributed by atoms with van der Waals surface area (Å²) in [5.74, 6) is -1.85. The summed E-state index contributed by atoms with van der Waals surface area (Å²) in [6.07, 6.45) is -3.54. The number of halogens is 4. The van der Waals surface area contributed by atoms with Gasteiger partial charge in [0.05, 0.1) is 19.1 Å². The van der Waals surface area contributed by atoms with Gasteiger partial charge in [0.25, 0.3) is 0 Å². The summed E-state index contributed by atoms with van der Waals surface area (Å²) >= 11 is 0. The van der Waals surface area contributed by atoms with Gasteiger partial charge in [-0.05, 0) is 24.9 Å². The molecule has 1 amide bonds. The van der Waals surface area contributed by atoms with Gasteiger partial charge in [-0.2, -0.15) is 13.2 Å². The third-order valence-corrected chi connectivity index (χ3v) is 5.35. The normalized spacial score (nSPS) is 23.9. The molecule has 2 aliphatic rings. The van der Waals surface area contributed by atoms with E-state index in [9.17, 15) is 22.4 Å². The maximum Gasteiger partial charge on any atom is 0.490 e. The fraction of sp³-hybridized carbons (Fsp3) is 0.600. The highest BCUT2D eigenvalue weighted by Crippen LogP contribution is 2.36. The number of fused-ring (bicyclic) bond motifs is 1. The van der Waals surface area contributed by atoms with Crippen LogP contribution in [0.15, 0.2) is 24.3 Å². The Labute approximate surface area is 172 Å². The number of likely N-dealkylation sites (tertiary alicyclic amines) is 1. The highest BCUT2D eigenvalue weighted by atomic mass is 19.4. The summed E-state index contributed by atoms with van der Waals surface area (Å²) in [4.78, 5) is 24.7. The van der Waals surface area contributed by atoms with Crippen molar-refractivity contribution in [1.82, 2.24) is 9.80 Å². The van der Waals surface area contributed by atoms with Gasteiger partial charge in [-0.25, -0.2) is 9.18 Å². The predicted molar refractivity (Wildman–Crippen MR) is 100 cm³/mol. The maximum absolute atomic E-state index is 13.8. The van der Waals surface area contributed by atoms with E-state index < -0.39 is 12.1 Å². The van der Waals surface area contributed by atoms with E-state index in [2.05, 4.69) is 4.90 Å². The molecule has 2 fully saturated rings. The van der Waals surface area contributed by atoms with Crippen LogP contribution >= 0.6 is 0 Å². The van der Waals surface area contributed by atoms with Gasteiger partial charge in [0.1, 0.15) is 5.82 Å². The van der Waals surface area contributed by atoms with E-state index in [0.717, 1.165) is 25.1 Å². The summed E-state index contributed by atoms with van der Waals surface area (Å²) < 4.78 is 51.4. The lowest BCUT2D eigenvalue weighted by Crippen LogP contribution is -2.42. The van der Waals surface area contributed by atoms with Gasteiger partial charge < -0.3 is 14.7 Å². The van der Waals surface area contributed by atoms with Crippen molar-refractivity contribution in [2.45, 2.75) is 31.7 Å². The Morgan fingerprint density at radius 3 is 2.47 bits per heavy atom. The number of amides is 1. The molecule has 1 aromatic carbocycles. The molecule has 3 atom stereocenters. The number of ether oxygens (including phenoxy) is 1. The monoisotopic (exact) mass is 434 g/mol. The van der Waals surface area contributed by atoms with Crippen molar-refractivity contribution in [3.63, 3.8) is 0 Å². The Bertz CT molecular complexity index is 742. The van der Waals surface area contributed by atoms with Crippen LogP contribution in [-0.2, 0) is 20.9 Å². The molecule has 0 spiro atoms. The third-order valence-electron chi connectivity index (χ3n) is 5.35. The molecule has 2 heterocycles. The van der Waals surface area contributed by atoms with Gasteiger partial charge in [-0.1, -0.05) is 18.2 Å². The zero-order valence-electron chi connectivity index (χ0n) is 16.9. The number of alkyl halides is 3. The number of hydrogen-bond acceptors (Lipinski definition) is 4. The van der Waals surface area contributed by atoms with Crippen LogP contribution in [0, 0.1) is 17.7 Å². The molecule has 0 unspecified atom stereocenters. The number of piperidine rings is 1. The van der Waals surface area contributed by atoms with E-state index in [1.54, 1.807) is 25.1 Å². The van der Waals surface area contributed by atoms with Crippen LogP contribution in [0.1, 0.15) is 18.4 Å². The number of carboxylic acid groups (broad SMARTS) is 1. The van der Waals surface area contributed by atoms with Gasteiger partial charge in [-0.3, -0.25) is 9.69 Å². The molecular weight excluding hydrogens is 408 g/mol. The lowest BCUT2D eigenvalue weighted by molar-refractivity contribution is -0.192. The Hall–Kier alpha value is -2.20. The van der Waals surface area contributed by atoms with Crippen molar-refractivity contribution < 1.29 is 37.0 Å². The van der Waals surface area contributed by atoms with E-state index >= 15 is 0 Å². The molecule has 2 aliphatic heterocycles. The third kappa shape index (κ3) is 6.66. The Kier molecular flexibility index (Phi) is 8.19. The van der Waals surface area contributed by atoms with Crippen molar-refractivity contribution in [3.8, 4) is 0 Å². The zero-order chi connectivity index (χ0) is 22.5. The van der Waals surface area contributed by atoms with Crippen LogP contribution in [-0.4, -0.2) is 72.9 Å². The van der Waals surface area contributed by atoms with E-state index in [-0.39, 0.29) is 17.8 Å². The highest BCUT2D eigenvalue weighted by molar-refractivity contribution is 5.76. The number of aliphatic carboxylic acids is 1. The van der Waals surface area contributed by atoms with Crippen LogP contribution in [0.5, 0.6) is 0 Å². The quantitative estimate of drug-likeness (QED) is 0.738. The number of benzene rings is 1. The van der Waals surface area contributed by atoms with Crippen LogP contribution in [0.4, 0.5) is 17.6 Å². The van der Waals surface area contributed by atoms with Gasteiger partial charge in [0.15, 0.2) is 0 Å². The van der Waals surface area contributed by atoms with Gasteiger partial charge >= 0.3 is 12.1 Å². The van der Waals surface area contributed by atoms with Gasteiger partial charge in [0.2, 0.25) is 5.91 Å². The Balaban J connectivity index is 0.000000396. The minimum Gasteiger partial charge on any atom is -0.475 e. The second-order valence-corrected chi connectivity index (χ2v) is 7.71. The predicted octanol–water partition coefficient (Wildman–Crippen LogP) is 2.77. The van der Waals surface area contributed by atoms with E-state index in [0.29, 0.717) is 31.4 Å². The molecule has 1 aromatic rings. The van der Waals surface area contributed by atoms with E-state index in [1.807, 2.05) is 12.1 Å². The molecule has 168 valence electrons. The number of carbonyl (C=O) groups excluding carboxylic acids is 1. The second kappa shape index (κ2) is 10.2. The average molecular weight is 434 g/mol. The fourth-order valence-corrected chi connectivity index (χ4v) is 3.74. The van der Waals surface area contributed by atoms with Crippen molar-refractivity contribution in [2.75, 3.05) is 33.8 Å². The van der Waals surface area contributed by atoms with Crippen LogP contribution in [0.25, 0.3) is 0 Å². The first-order valence-corrected chi connectivity index (χ1v) is 9.56. The molecule has 0 aromatic heterocycles. The molecule has 3 rings (SSSR count). The summed E-state index contributed by atoms with van der Waals surface area (Å²) in [7, 11) is 3.57. The number of carbonyl (C=O) groups is 2. The largest absolute Gasteiger partial charge is 0.490 e. The first kappa shape index (κ1) is 24.1. The summed E-state index contributed by atoms with van der Waals surface area (Å²) in [5, 5.41) is 7.12. The van der Waals surface area contributed by atoms with Gasteiger partial charge in [0, 0.05) is 38.7 Å². The van der Waals surface area contributed by atoms with Crippen molar-refractivity contribution in [2.24, 2.45) is 11.8 Å². The number of nitrogens with zero attached hydrogens (tertiary/aromatic N) is 2. The van der Waals surface area contributed by atoms with Crippen molar-refractivity contribution in [1.29, 1.82) is 0 Å². The molecule has 2 saturated heterocycles. The maximum atomic E-state index is 13.8. The van der Waals surface area contributed by atoms with E-state index in [4.69, 9.17) is 14.6 Å². The first-order valence-electron chi connectivity index (χ1n) is 9.56. The summed E-state index contributed by atoms with van der Waals surface area (Å²) in [6, 6.07) is 6.98. The van der Waals surface area contributed by atoms with Crippen molar-refractivity contribution in [3.05, 3.63) is 35.6 Å². The lowest BCUT2D eigenvalue weighted by atomic mass is 9.83. The second-order valence-electron chi connectivity index (χ2n) is 7.71. The minimum absolute atomic E-state index is 0.0468. The minimum atomic E-state index is -5.08. The SMILES string of the molecule is CN(C)C(=O)C[C@H]1OC[C@H]2CN(Cc3ccccc3F)CC[C@H]21.O=C(O)C(F)(F)F. The molecule has 0 radical (unpaired) electrons.